The molecule has 0 rings (SSSR count). The van der Waals surface area contributed by atoms with Crippen molar-refractivity contribution in [1.82, 2.24) is 5.32 Å². The Balaban J connectivity index is 3.49. The largest absolute Gasteiger partial charge is 0.394 e. The Labute approximate surface area is 481 Å². The molecule has 3 N–H and O–H groups in total. The van der Waals surface area contributed by atoms with Gasteiger partial charge in [0, 0.05) is 6.42 Å². The molecule has 0 saturated carbocycles. The Morgan fingerprint density at radius 1 is 0.325 bits per heavy atom. The van der Waals surface area contributed by atoms with E-state index in [1.807, 2.05) is 6.08 Å². The highest BCUT2D eigenvalue weighted by atomic mass is 16.3. The van der Waals surface area contributed by atoms with E-state index in [1.165, 1.54) is 250 Å². The van der Waals surface area contributed by atoms with Crippen LogP contribution in [-0.2, 0) is 4.79 Å². The quantitative estimate of drug-likeness (QED) is 0.0420. The molecular weight excluding hydrogens is 939 g/mol. The predicted octanol–water partition coefficient (Wildman–Crippen LogP) is 23.2. The van der Waals surface area contributed by atoms with E-state index in [2.05, 4.69) is 104 Å². The van der Waals surface area contributed by atoms with Crippen LogP contribution in [-0.4, -0.2) is 34.9 Å². The molecule has 0 aromatic carbocycles. The van der Waals surface area contributed by atoms with Crippen LogP contribution in [0.15, 0.2) is 97.2 Å². The van der Waals surface area contributed by atoms with Gasteiger partial charge in [0.2, 0.25) is 5.91 Å². The first kappa shape index (κ1) is 74.3. The SMILES string of the molecule is CC/C=C\C/C=C\C/C=C\C/C=C\C/C=C\C/C=C\C/C=C\CCCCCCCCCCCCCCCCCC(=O)NC(CO)C(O)/C=C/CCCCCCCCCCCCCCCCCCCCCCCCCCCC. The molecule has 0 aliphatic rings. The molecular formula is C73H131NO3. The van der Waals surface area contributed by atoms with Gasteiger partial charge in [0.1, 0.15) is 0 Å². The van der Waals surface area contributed by atoms with E-state index >= 15 is 0 Å². The topological polar surface area (TPSA) is 69.6 Å². The Hall–Kier alpha value is -2.69. The van der Waals surface area contributed by atoms with Crippen LogP contribution in [0.25, 0.3) is 0 Å². The number of aliphatic hydroxyl groups excluding tert-OH is 2. The minimum atomic E-state index is -0.845. The molecule has 4 heteroatoms. The number of hydrogen-bond acceptors (Lipinski definition) is 3. The summed E-state index contributed by atoms with van der Waals surface area (Å²) in [5.41, 5.74) is 0. The molecule has 0 radical (unpaired) electrons. The number of amides is 1. The van der Waals surface area contributed by atoms with Crippen LogP contribution in [0.4, 0.5) is 0 Å². The monoisotopic (exact) mass is 1070 g/mol. The first-order chi connectivity index (χ1) is 38.2. The average molecular weight is 1070 g/mol. The van der Waals surface area contributed by atoms with Gasteiger partial charge >= 0.3 is 0 Å². The van der Waals surface area contributed by atoms with Crippen LogP contribution in [0.3, 0.4) is 0 Å². The van der Waals surface area contributed by atoms with Gasteiger partial charge in [-0.15, -0.1) is 0 Å². The molecule has 0 bridgehead atoms. The Morgan fingerprint density at radius 3 is 0.857 bits per heavy atom. The Morgan fingerprint density at radius 2 is 0.571 bits per heavy atom. The second-order valence-corrected chi connectivity index (χ2v) is 22.9. The fourth-order valence-corrected chi connectivity index (χ4v) is 10.2. The van der Waals surface area contributed by atoms with Crippen LogP contribution >= 0.6 is 0 Å². The van der Waals surface area contributed by atoms with Gasteiger partial charge in [-0.05, 0) is 77.0 Å². The van der Waals surface area contributed by atoms with Crippen molar-refractivity contribution in [3.8, 4) is 0 Å². The molecule has 0 aromatic rings. The molecule has 4 nitrogen and oxygen atoms in total. The summed E-state index contributed by atoms with van der Waals surface area (Å²) in [6, 6.07) is -0.628. The fourth-order valence-electron chi connectivity index (χ4n) is 10.2. The lowest BCUT2D eigenvalue weighted by atomic mass is 10.0. The molecule has 2 unspecified atom stereocenters. The molecule has 0 heterocycles. The van der Waals surface area contributed by atoms with Crippen molar-refractivity contribution in [2.24, 2.45) is 0 Å². The number of nitrogens with one attached hydrogen (secondary N) is 1. The lowest BCUT2D eigenvalue weighted by Gasteiger charge is -2.20. The van der Waals surface area contributed by atoms with E-state index in [0.717, 1.165) is 70.6 Å². The fraction of sp³-hybridized carbons (Fsp3) is 0.767. The number of rotatable bonds is 62. The third kappa shape index (κ3) is 64.0. The van der Waals surface area contributed by atoms with Crippen molar-refractivity contribution < 1.29 is 15.0 Å². The summed E-state index contributed by atoms with van der Waals surface area (Å²) in [7, 11) is 0. The van der Waals surface area contributed by atoms with Crippen molar-refractivity contribution in [2.75, 3.05) is 6.61 Å². The zero-order chi connectivity index (χ0) is 55.5. The third-order valence-corrected chi connectivity index (χ3v) is 15.3. The number of allylic oxidation sites excluding steroid dienone is 15. The van der Waals surface area contributed by atoms with Gasteiger partial charge in [0.15, 0.2) is 0 Å². The summed E-state index contributed by atoms with van der Waals surface area (Å²) < 4.78 is 0. The number of hydrogen-bond donors (Lipinski definition) is 3. The molecule has 1 amide bonds. The summed E-state index contributed by atoms with van der Waals surface area (Å²) in [6.45, 7) is 4.22. The number of carbonyl (C=O) groups is 1. The van der Waals surface area contributed by atoms with E-state index < -0.39 is 12.1 Å². The number of carbonyl (C=O) groups excluding carboxylic acids is 1. The summed E-state index contributed by atoms with van der Waals surface area (Å²) >= 11 is 0. The van der Waals surface area contributed by atoms with E-state index in [-0.39, 0.29) is 12.5 Å². The molecule has 0 fully saturated rings. The van der Waals surface area contributed by atoms with Gasteiger partial charge in [-0.1, -0.05) is 355 Å². The van der Waals surface area contributed by atoms with Gasteiger partial charge in [0.05, 0.1) is 18.8 Å². The molecule has 0 aromatic heterocycles. The highest BCUT2D eigenvalue weighted by Gasteiger charge is 2.18. The molecule has 0 aliphatic carbocycles. The maximum absolute atomic E-state index is 12.5. The first-order valence-corrected chi connectivity index (χ1v) is 34.0. The van der Waals surface area contributed by atoms with Gasteiger partial charge in [-0.3, -0.25) is 4.79 Å². The summed E-state index contributed by atoms with van der Waals surface area (Å²) in [5, 5.41) is 23.3. The smallest absolute Gasteiger partial charge is 0.220 e. The van der Waals surface area contributed by atoms with Crippen molar-refractivity contribution in [3.63, 3.8) is 0 Å². The van der Waals surface area contributed by atoms with Crippen molar-refractivity contribution >= 4 is 5.91 Å². The molecule has 0 spiro atoms. The Kier molecular flexibility index (Phi) is 65.2. The minimum Gasteiger partial charge on any atom is -0.394 e. The highest BCUT2D eigenvalue weighted by molar-refractivity contribution is 5.76. The van der Waals surface area contributed by atoms with Gasteiger partial charge in [0.25, 0.3) is 0 Å². The van der Waals surface area contributed by atoms with E-state index in [0.29, 0.717) is 6.42 Å². The van der Waals surface area contributed by atoms with Crippen molar-refractivity contribution in [1.29, 1.82) is 0 Å². The van der Waals surface area contributed by atoms with Crippen molar-refractivity contribution in [2.45, 2.75) is 353 Å². The molecule has 0 aliphatic heterocycles. The van der Waals surface area contributed by atoms with Crippen LogP contribution in [0.2, 0.25) is 0 Å². The van der Waals surface area contributed by atoms with Gasteiger partial charge < -0.3 is 15.5 Å². The van der Waals surface area contributed by atoms with Gasteiger partial charge in [-0.25, -0.2) is 0 Å². The lowest BCUT2D eigenvalue weighted by molar-refractivity contribution is -0.123. The third-order valence-electron chi connectivity index (χ3n) is 15.3. The van der Waals surface area contributed by atoms with Gasteiger partial charge in [-0.2, -0.15) is 0 Å². The van der Waals surface area contributed by atoms with Crippen LogP contribution in [0.1, 0.15) is 341 Å². The number of unbranched alkanes of at least 4 members (excludes halogenated alkanes) is 41. The molecule has 446 valence electrons. The predicted molar refractivity (Wildman–Crippen MR) is 345 cm³/mol. The maximum atomic E-state index is 12.5. The zero-order valence-corrected chi connectivity index (χ0v) is 51.5. The zero-order valence-electron chi connectivity index (χ0n) is 51.5. The van der Waals surface area contributed by atoms with E-state index in [1.54, 1.807) is 6.08 Å². The molecule has 0 saturated heterocycles. The minimum absolute atomic E-state index is 0.0625. The maximum Gasteiger partial charge on any atom is 0.220 e. The highest BCUT2D eigenvalue weighted by Crippen LogP contribution is 2.18. The average Bonchev–Trinajstić information content (AvgIpc) is 3.43. The second kappa shape index (κ2) is 67.6. The summed E-state index contributed by atoms with van der Waals surface area (Å²) in [4.78, 5) is 12.5. The number of aliphatic hydroxyl groups is 2. The van der Waals surface area contributed by atoms with E-state index in [9.17, 15) is 15.0 Å². The molecule has 2 atom stereocenters. The van der Waals surface area contributed by atoms with Crippen LogP contribution in [0.5, 0.6) is 0 Å². The summed E-state index contributed by atoms with van der Waals surface area (Å²) in [5.74, 6) is -0.0625. The van der Waals surface area contributed by atoms with E-state index in [4.69, 9.17) is 0 Å². The van der Waals surface area contributed by atoms with Crippen LogP contribution in [0, 0.1) is 0 Å². The first-order valence-electron chi connectivity index (χ1n) is 34.0. The molecule has 77 heavy (non-hydrogen) atoms. The van der Waals surface area contributed by atoms with Crippen molar-refractivity contribution in [3.05, 3.63) is 97.2 Å². The lowest BCUT2D eigenvalue weighted by Crippen LogP contribution is -2.45. The standard InChI is InChI=1S/C73H131NO3/c1-3-5-7-9-11-13-15-17-19-21-23-25-27-29-31-33-34-35-36-37-38-39-40-41-43-45-47-49-51-53-55-57-59-61-63-65-67-69-73(77)74-71(70-75)72(76)68-66-64-62-60-58-56-54-52-50-48-46-44-42-32-30-28-26-24-22-20-18-16-14-12-10-8-6-4-2/h5,7,11,13,17,19,23,25,29,31,34-35,37-38,66,68,71-72,75-76H,3-4,6,8-10,12,14-16,18,20-22,24,26-28,30,32-33,36,39-65,67,69-70H2,1-2H3,(H,74,77)/b7-5-,13-11-,19-17-,25-23-,31-29-,35-34-,38-37-,68-66+. The Bertz CT molecular complexity index is 1400. The summed E-state index contributed by atoms with van der Waals surface area (Å²) in [6.07, 6.45) is 100. The second-order valence-electron chi connectivity index (χ2n) is 22.9. The normalized spacial score (nSPS) is 13.4. The van der Waals surface area contributed by atoms with Crippen LogP contribution < -0.4 is 5.32 Å².